The van der Waals surface area contributed by atoms with Crippen molar-refractivity contribution in [3.05, 3.63) is 29.1 Å². The van der Waals surface area contributed by atoms with Gasteiger partial charge in [-0.25, -0.2) is 0 Å². The van der Waals surface area contributed by atoms with E-state index in [-0.39, 0.29) is 5.91 Å². The summed E-state index contributed by atoms with van der Waals surface area (Å²) >= 11 is 0. The first-order chi connectivity index (χ1) is 9.31. The van der Waals surface area contributed by atoms with Gasteiger partial charge >= 0.3 is 0 Å². The number of carbonyl (C=O) groups excluding carboxylic acids is 1. The highest BCUT2D eigenvalue weighted by molar-refractivity contribution is 5.97. The van der Waals surface area contributed by atoms with E-state index in [4.69, 9.17) is 0 Å². The number of nitrogens with zero attached hydrogens (tertiary/aromatic N) is 1. The highest BCUT2D eigenvalue weighted by atomic mass is 16.1. The van der Waals surface area contributed by atoms with Crippen LogP contribution < -0.4 is 10.6 Å². The molecule has 1 aromatic rings. The summed E-state index contributed by atoms with van der Waals surface area (Å²) in [4.78, 5) is 12.3. The molecule has 1 aromatic heterocycles. The zero-order chi connectivity index (χ0) is 13.2. The van der Waals surface area contributed by atoms with E-state index in [0.717, 1.165) is 51.0 Å². The van der Waals surface area contributed by atoms with Crippen LogP contribution in [0.5, 0.6) is 0 Å². The maximum atomic E-state index is 12.3. The van der Waals surface area contributed by atoms with Gasteiger partial charge in [0.05, 0.1) is 5.56 Å². The molecule has 0 saturated carbocycles. The first-order valence-corrected chi connectivity index (χ1v) is 7.21. The van der Waals surface area contributed by atoms with Crippen molar-refractivity contribution >= 4 is 11.5 Å². The number of hydrogen-bond acceptors (Lipinski definition) is 2. The summed E-state index contributed by atoms with van der Waals surface area (Å²) in [5.41, 5.74) is 4.77. The Labute approximate surface area is 113 Å². The van der Waals surface area contributed by atoms with E-state index in [2.05, 4.69) is 28.2 Å². The summed E-state index contributed by atoms with van der Waals surface area (Å²) in [5, 5.41) is 6.44. The molecule has 2 N–H and O–H groups in total. The van der Waals surface area contributed by atoms with Gasteiger partial charge in [-0.05, 0) is 30.4 Å². The molecule has 4 nitrogen and oxygen atoms in total. The van der Waals surface area contributed by atoms with Crippen molar-refractivity contribution in [3.8, 4) is 0 Å². The second-order valence-electron chi connectivity index (χ2n) is 5.26. The third-order valence-electron chi connectivity index (χ3n) is 3.90. The maximum absolute atomic E-state index is 12.3. The third kappa shape index (κ3) is 2.21. The number of carbonyl (C=O) groups is 1. The standard InChI is InChI=1S/C15H21N3O/c1-2-6-17-15(19)13-10-18-8-7-16-9-11-4-3-5-12(13)14(11)18/h4,10,16H,2-3,5-9H2,1H3,(H,17,19). The third-order valence-corrected chi connectivity index (χ3v) is 3.90. The predicted octanol–water partition coefficient (Wildman–Crippen LogP) is 1.56. The number of allylic oxidation sites excluding steroid dienone is 1. The Hall–Kier alpha value is -1.55. The van der Waals surface area contributed by atoms with E-state index >= 15 is 0 Å². The molecule has 0 unspecified atom stereocenters. The molecule has 1 aliphatic carbocycles. The molecule has 0 radical (unpaired) electrons. The lowest BCUT2D eigenvalue weighted by Crippen LogP contribution is -2.25. The Morgan fingerprint density at radius 1 is 1.53 bits per heavy atom. The van der Waals surface area contributed by atoms with Gasteiger partial charge in [0.2, 0.25) is 0 Å². The normalized spacial score (nSPS) is 17.4. The van der Waals surface area contributed by atoms with Crippen LogP contribution in [-0.4, -0.2) is 30.1 Å². The molecular weight excluding hydrogens is 238 g/mol. The van der Waals surface area contributed by atoms with Crippen molar-refractivity contribution in [2.24, 2.45) is 0 Å². The van der Waals surface area contributed by atoms with Crippen LogP contribution in [0.2, 0.25) is 0 Å². The average molecular weight is 259 g/mol. The zero-order valence-corrected chi connectivity index (χ0v) is 11.5. The molecule has 102 valence electrons. The number of hydrogen-bond donors (Lipinski definition) is 2. The van der Waals surface area contributed by atoms with Gasteiger partial charge in [-0.3, -0.25) is 4.79 Å². The summed E-state index contributed by atoms with van der Waals surface area (Å²) in [6.45, 7) is 5.66. The number of amides is 1. The molecule has 0 atom stereocenters. The summed E-state index contributed by atoms with van der Waals surface area (Å²) < 4.78 is 2.25. The van der Waals surface area contributed by atoms with Crippen LogP contribution in [-0.2, 0) is 13.0 Å². The van der Waals surface area contributed by atoms with Crippen LogP contribution in [0.15, 0.2) is 12.3 Å². The first kappa shape index (κ1) is 12.5. The Morgan fingerprint density at radius 2 is 2.42 bits per heavy atom. The van der Waals surface area contributed by atoms with E-state index in [1.165, 1.54) is 16.8 Å². The molecule has 2 heterocycles. The van der Waals surface area contributed by atoms with Crippen molar-refractivity contribution in [2.75, 3.05) is 19.6 Å². The van der Waals surface area contributed by atoms with E-state index < -0.39 is 0 Å². The minimum Gasteiger partial charge on any atom is -0.352 e. The van der Waals surface area contributed by atoms with Gasteiger partial charge in [-0.2, -0.15) is 0 Å². The molecule has 2 aliphatic rings. The van der Waals surface area contributed by atoms with Crippen LogP contribution in [0.4, 0.5) is 0 Å². The van der Waals surface area contributed by atoms with Crippen molar-refractivity contribution in [1.29, 1.82) is 0 Å². The fourth-order valence-corrected chi connectivity index (χ4v) is 3.00. The van der Waals surface area contributed by atoms with Gasteiger partial charge in [0.25, 0.3) is 5.91 Å². The molecule has 0 spiro atoms. The molecule has 0 bridgehead atoms. The second kappa shape index (κ2) is 5.21. The van der Waals surface area contributed by atoms with Gasteiger partial charge in [-0.15, -0.1) is 0 Å². The Bertz CT molecular complexity index is 528. The molecule has 1 amide bonds. The lowest BCUT2D eigenvalue weighted by molar-refractivity contribution is 0.0952. The topological polar surface area (TPSA) is 46.1 Å². The van der Waals surface area contributed by atoms with E-state index in [1.807, 2.05) is 6.20 Å². The van der Waals surface area contributed by atoms with Crippen LogP contribution in [0.1, 0.15) is 41.4 Å². The van der Waals surface area contributed by atoms with Crippen LogP contribution in [0.3, 0.4) is 0 Å². The molecule has 4 heteroatoms. The largest absolute Gasteiger partial charge is 0.352 e. The van der Waals surface area contributed by atoms with Crippen LogP contribution >= 0.6 is 0 Å². The fraction of sp³-hybridized carbons (Fsp3) is 0.533. The summed E-state index contributed by atoms with van der Waals surface area (Å²) in [5.74, 6) is 0.0895. The fourth-order valence-electron chi connectivity index (χ4n) is 3.00. The molecule has 0 fully saturated rings. The highest BCUT2D eigenvalue weighted by Crippen LogP contribution is 2.31. The number of rotatable bonds is 3. The van der Waals surface area contributed by atoms with Crippen molar-refractivity contribution in [1.82, 2.24) is 15.2 Å². The minimum atomic E-state index is 0.0895. The molecule has 3 rings (SSSR count). The Kier molecular flexibility index (Phi) is 3.42. The molecule has 0 saturated heterocycles. The summed E-state index contributed by atoms with van der Waals surface area (Å²) in [7, 11) is 0. The maximum Gasteiger partial charge on any atom is 0.253 e. The minimum absolute atomic E-state index is 0.0895. The summed E-state index contributed by atoms with van der Waals surface area (Å²) in [6, 6.07) is 0. The SMILES string of the molecule is CCCNC(=O)c1cn2c3c1CCC=C3CNCC2. The number of nitrogens with one attached hydrogen (secondary N) is 2. The zero-order valence-electron chi connectivity index (χ0n) is 11.5. The Balaban J connectivity index is 1.98. The second-order valence-corrected chi connectivity index (χ2v) is 5.26. The smallest absolute Gasteiger partial charge is 0.253 e. The van der Waals surface area contributed by atoms with Crippen LogP contribution in [0, 0.1) is 0 Å². The molecular formula is C15H21N3O. The van der Waals surface area contributed by atoms with Crippen LogP contribution in [0.25, 0.3) is 5.57 Å². The quantitative estimate of drug-likeness (QED) is 0.865. The van der Waals surface area contributed by atoms with Crippen molar-refractivity contribution < 1.29 is 4.79 Å². The number of aromatic nitrogens is 1. The average Bonchev–Trinajstić information content (AvgIpc) is 2.67. The molecule has 1 aliphatic heterocycles. The Morgan fingerprint density at radius 3 is 3.26 bits per heavy atom. The lowest BCUT2D eigenvalue weighted by atomic mass is 9.94. The predicted molar refractivity (Wildman–Crippen MR) is 76.2 cm³/mol. The van der Waals surface area contributed by atoms with Gasteiger partial charge in [0.15, 0.2) is 0 Å². The van der Waals surface area contributed by atoms with Gasteiger partial charge in [0, 0.05) is 38.1 Å². The van der Waals surface area contributed by atoms with E-state index in [1.54, 1.807) is 0 Å². The van der Waals surface area contributed by atoms with Crippen molar-refractivity contribution in [2.45, 2.75) is 32.7 Å². The van der Waals surface area contributed by atoms with Gasteiger partial charge < -0.3 is 15.2 Å². The highest BCUT2D eigenvalue weighted by Gasteiger charge is 2.25. The first-order valence-electron chi connectivity index (χ1n) is 7.21. The van der Waals surface area contributed by atoms with E-state index in [0.29, 0.717) is 0 Å². The summed E-state index contributed by atoms with van der Waals surface area (Å²) in [6.07, 6.45) is 7.36. The lowest BCUT2D eigenvalue weighted by Gasteiger charge is -2.15. The molecule has 19 heavy (non-hydrogen) atoms. The van der Waals surface area contributed by atoms with Crippen molar-refractivity contribution in [3.63, 3.8) is 0 Å². The van der Waals surface area contributed by atoms with E-state index in [9.17, 15) is 4.79 Å². The van der Waals surface area contributed by atoms with Gasteiger partial charge in [0.1, 0.15) is 0 Å². The molecule has 0 aromatic carbocycles. The monoisotopic (exact) mass is 259 g/mol. The van der Waals surface area contributed by atoms with Gasteiger partial charge in [-0.1, -0.05) is 13.0 Å².